The summed E-state index contributed by atoms with van der Waals surface area (Å²) in [5.41, 5.74) is 3.48. The van der Waals surface area contributed by atoms with Crippen molar-refractivity contribution < 1.29 is 13.9 Å². The number of benzene rings is 2. The first-order valence-electron chi connectivity index (χ1n) is 10.3. The van der Waals surface area contributed by atoms with E-state index >= 15 is 0 Å². The summed E-state index contributed by atoms with van der Waals surface area (Å²) in [7, 11) is 0. The number of halogens is 1. The molecule has 2 aromatic heterocycles. The lowest BCUT2D eigenvalue weighted by Crippen LogP contribution is -2.15. The highest BCUT2D eigenvalue weighted by Crippen LogP contribution is 2.25. The second kappa shape index (κ2) is 9.43. The Hall–Kier alpha value is -4.00. The summed E-state index contributed by atoms with van der Waals surface area (Å²) in [6.07, 6.45) is 5.00. The molecule has 2 heterocycles. The normalized spacial score (nSPS) is 10.9. The number of nitrogens with zero attached hydrogens (tertiary/aromatic N) is 3. The van der Waals surface area contributed by atoms with Crippen LogP contribution in [0, 0.1) is 5.82 Å². The van der Waals surface area contributed by atoms with Gasteiger partial charge >= 0.3 is 0 Å². The Balaban J connectivity index is 1.52. The van der Waals surface area contributed by atoms with Gasteiger partial charge in [0.05, 0.1) is 23.1 Å². The lowest BCUT2D eigenvalue weighted by molar-refractivity contribution is 0.102. The van der Waals surface area contributed by atoms with E-state index in [1.165, 1.54) is 18.3 Å². The van der Waals surface area contributed by atoms with Crippen LogP contribution in [-0.2, 0) is 6.61 Å². The summed E-state index contributed by atoms with van der Waals surface area (Å²) >= 11 is 0. The molecule has 4 rings (SSSR count). The van der Waals surface area contributed by atoms with E-state index in [4.69, 9.17) is 4.74 Å². The average molecular weight is 430 g/mol. The van der Waals surface area contributed by atoms with Crippen LogP contribution in [0.15, 0.2) is 79.3 Å². The van der Waals surface area contributed by atoms with Crippen molar-refractivity contribution in [1.29, 1.82) is 0 Å². The molecule has 0 unspecified atom stereocenters. The molecule has 7 heteroatoms. The van der Waals surface area contributed by atoms with Crippen molar-refractivity contribution in [2.24, 2.45) is 0 Å². The highest BCUT2D eigenvalue weighted by molar-refractivity contribution is 6.05. The van der Waals surface area contributed by atoms with Crippen molar-refractivity contribution in [3.63, 3.8) is 0 Å². The molecule has 0 radical (unpaired) electrons. The number of nitrogens with one attached hydrogen (secondary N) is 1. The topological polar surface area (TPSA) is 69.0 Å². The van der Waals surface area contributed by atoms with Gasteiger partial charge in [0.25, 0.3) is 5.91 Å². The Labute approximate surface area is 185 Å². The minimum atomic E-state index is -0.324. The first kappa shape index (κ1) is 21.2. The molecule has 32 heavy (non-hydrogen) atoms. The third-order valence-electron chi connectivity index (χ3n) is 4.89. The SMILES string of the molecule is CC(C)c1c(C(=O)Nc2cccc(OCc3cccnc3)c2)cnn1-c1ccc(F)cc1. The van der Waals surface area contributed by atoms with Gasteiger partial charge < -0.3 is 10.1 Å². The highest BCUT2D eigenvalue weighted by atomic mass is 19.1. The minimum absolute atomic E-state index is 0.0254. The van der Waals surface area contributed by atoms with Crippen LogP contribution in [0.2, 0.25) is 0 Å². The van der Waals surface area contributed by atoms with Gasteiger partial charge in [-0.3, -0.25) is 9.78 Å². The van der Waals surface area contributed by atoms with E-state index in [-0.39, 0.29) is 17.6 Å². The third-order valence-corrected chi connectivity index (χ3v) is 4.89. The quantitative estimate of drug-likeness (QED) is 0.428. The standard InChI is InChI=1S/C25H23FN4O2/c1-17(2)24-23(15-28-30(24)21-10-8-19(26)9-11-21)25(31)29-20-6-3-7-22(13-20)32-16-18-5-4-12-27-14-18/h3-15,17H,16H2,1-2H3,(H,29,31). The molecule has 0 spiro atoms. The van der Waals surface area contributed by atoms with Gasteiger partial charge in [0.1, 0.15) is 18.2 Å². The van der Waals surface area contributed by atoms with E-state index in [1.807, 2.05) is 38.1 Å². The smallest absolute Gasteiger partial charge is 0.259 e. The molecule has 0 aliphatic rings. The van der Waals surface area contributed by atoms with E-state index in [9.17, 15) is 9.18 Å². The van der Waals surface area contributed by atoms with E-state index in [0.717, 1.165) is 11.3 Å². The molecule has 0 aliphatic heterocycles. The average Bonchev–Trinajstić information content (AvgIpc) is 3.25. The Kier molecular flexibility index (Phi) is 6.26. The van der Waals surface area contributed by atoms with Crippen LogP contribution in [0.4, 0.5) is 10.1 Å². The van der Waals surface area contributed by atoms with Gasteiger partial charge in [-0.25, -0.2) is 9.07 Å². The molecule has 2 aromatic carbocycles. The third kappa shape index (κ3) is 4.83. The Morgan fingerprint density at radius 1 is 1.09 bits per heavy atom. The number of carbonyl (C=O) groups is 1. The number of anilines is 1. The van der Waals surface area contributed by atoms with Crippen molar-refractivity contribution in [2.45, 2.75) is 26.4 Å². The summed E-state index contributed by atoms with van der Waals surface area (Å²) in [5.74, 6) is 0.0669. The van der Waals surface area contributed by atoms with Gasteiger partial charge in [-0.15, -0.1) is 0 Å². The molecule has 0 bridgehead atoms. The Morgan fingerprint density at radius 2 is 1.91 bits per heavy atom. The molecule has 6 nitrogen and oxygen atoms in total. The molecule has 1 amide bonds. The summed E-state index contributed by atoms with van der Waals surface area (Å²) in [6.45, 7) is 4.36. The van der Waals surface area contributed by atoms with Crippen LogP contribution in [0.1, 0.15) is 41.4 Å². The summed E-state index contributed by atoms with van der Waals surface area (Å²) in [5, 5.41) is 7.30. The molecule has 1 N–H and O–H groups in total. The zero-order valence-electron chi connectivity index (χ0n) is 17.8. The zero-order chi connectivity index (χ0) is 22.5. The van der Waals surface area contributed by atoms with Crippen molar-refractivity contribution in [2.75, 3.05) is 5.32 Å². The summed E-state index contributed by atoms with van der Waals surface area (Å²) in [6, 6.07) is 17.0. The number of rotatable bonds is 7. The first-order chi connectivity index (χ1) is 15.5. The monoisotopic (exact) mass is 430 g/mol. The molecule has 0 atom stereocenters. The van der Waals surface area contributed by atoms with Gasteiger partial charge in [0.2, 0.25) is 0 Å². The molecule has 0 saturated carbocycles. The number of ether oxygens (including phenoxy) is 1. The number of hydrogen-bond acceptors (Lipinski definition) is 4. The van der Waals surface area contributed by atoms with Gasteiger partial charge in [0, 0.05) is 29.7 Å². The van der Waals surface area contributed by atoms with Crippen molar-refractivity contribution in [3.05, 3.63) is 102 Å². The van der Waals surface area contributed by atoms with Crippen LogP contribution < -0.4 is 10.1 Å². The van der Waals surface area contributed by atoms with E-state index in [1.54, 1.807) is 41.3 Å². The van der Waals surface area contributed by atoms with Crippen molar-refractivity contribution >= 4 is 11.6 Å². The Morgan fingerprint density at radius 3 is 2.62 bits per heavy atom. The van der Waals surface area contributed by atoms with Gasteiger partial charge in [-0.1, -0.05) is 26.0 Å². The predicted octanol–water partition coefficient (Wildman–Crippen LogP) is 5.36. The number of hydrogen-bond donors (Lipinski definition) is 1. The molecule has 0 fully saturated rings. The number of carbonyl (C=O) groups excluding carboxylic acids is 1. The molecular formula is C25H23FN4O2. The maximum atomic E-state index is 13.3. The molecule has 4 aromatic rings. The summed E-state index contributed by atoms with van der Waals surface area (Å²) in [4.78, 5) is 17.1. The largest absolute Gasteiger partial charge is 0.489 e. The minimum Gasteiger partial charge on any atom is -0.489 e. The maximum Gasteiger partial charge on any atom is 0.259 e. The number of amides is 1. The van der Waals surface area contributed by atoms with Crippen LogP contribution in [0.25, 0.3) is 5.69 Å². The maximum absolute atomic E-state index is 13.3. The highest BCUT2D eigenvalue weighted by Gasteiger charge is 2.21. The second-order valence-electron chi connectivity index (χ2n) is 7.62. The second-order valence-corrected chi connectivity index (χ2v) is 7.62. The lowest BCUT2D eigenvalue weighted by atomic mass is 10.0. The molecule has 0 aliphatic carbocycles. The zero-order valence-corrected chi connectivity index (χ0v) is 17.8. The van der Waals surface area contributed by atoms with Gasteiger partial charge in [-0.2, -0.15) is 5.10 Å². The molecule has 162 valence electrons. The fraction of sp³-hybridized carbons (Fsp3) is 0.160. The molecular weight excluding hydrogens is 407 g/mol. The van der Waals surface area contributed by atoms with Gasteiger partial charge in [0.15, 0.2) is 0 Å². The van der Waals surface area contributed by atoms with Crippen molar-refractivity contribution in [3.8, 4) is 11.4 Å². The Bertz CT molecular complexity index is 1200. The van der Waals surface area contributed by atoms with E-state index in [2.05, 4.69) is 15.4 Å². The molecule has 0 saturated heterocycles. The fourth-order valence-electron chi connectivity index (χ4n) is 3.39. The number of pyridine rings is 1. The van der Waals surface area contributed by atoms with E-state index in [0.29, 0.717) is 29.3 Å². The van der Waals surface area contributed by atoms with Crippen LogP contribution in [-0.4, -0.2) is 20.7 Å². The van der Waals surface area contributed by atoms with Crippen LogP contribution >= 0.6 is 0 Å². The fourth-order valence-corrected chi connectivity index (χ4v) is 3.39. The van der Waals surface area contributed by atoms with Crippen molar-refractivity contribution in [1.82, 2.24) is 14.8 Å². The van der Waals surface area contributed by atoms with Crippen LogP contribution in [0.3, 0.4) is 0 Å². The number of aromatic nitrogens is 3. The lowest BCUT2D eigenvalue weighted by Gasteiger charge is -2.13. The van der Waals surface area contributed by atoms with Gasteiger partial charge in [-0.05, 0) is 48.4 Å². The predicted molar refractivity (Wildman–Crippen MR) is 121 cm³/mol. The van der Waals surface area contributed by atoms with Crippen LogP contribution in [0.5, 0.6) is 5.75 Å². The summed E-state index contributed by atoms with van der Waals surface area (Å²) < 4.78 is 20.8. The van der Waals surface area contributed by atoms with E-state index < -0.39 is 0 Å². The first-order valence-corrected chi connectivity index (χ1v) is 10.3.